The SMILES string of the molecule is CCC(C)NCCC(=O)Nc1ccc(OCc2ccc(Cl)cc2)cc1. The topological polar surface area (TPSA) is 50.4 Å². The van der Waals surface area contributed by atoms with Gasteiger partial charge >= 0.3 is 0 Å². The highest BCUT2D eigenvalue weighted by Crippen LogP contribution is 2.18. The molecule has 1 amide bonds. The first-order chi connectivity index (χ1) is 12.1. The first-order valence-electron chi connectivity index (χ1n) is 8.57. The quantitative estimate of drug-likeness (QED) is 0.685. The van der Waals surface area contributed by atoms with Crippen LogP contribution in [0.5, 0.6) is 5.75 Å². The standard InChI is InChI=1S/C20H25ClN2O2/c1-3-15(2)22-13-12-20(24)23-18-8-10-19(11-9-18)25-14-16-4-6-17(21)7-5-16/h4-11,15,22H,3,12-14H2,1-2H3,(H,23,24). The summed E-state index contributed by atoms with van der Waals surface area (Å²) in [4.78, 5) is 11.9. The maximum Gasteiger partial charge on any atom is 0.225 e. The number of hydrogen-bond donors (Lipinski definition) is 2. The molecule has 2 rings (SSSR count). The molecule has 134 valence electrons. The highest BCUT2D eigenvalue weighted by atomic mass is 35.5. The van der Waals surface area contributed by atoms with E-state index in [2.05, 4.69) is 24.5 Å². The van der Waals surface area contributed by atoms with E-state index < -0.39 is 0 Å². The van der Waals surface area contributed by atoms with E-state index in [1.807, 2.05) is 48.5 Å². The van der Waals surface area contributed by atoms with Gasteiger partial charge in [0.2, 0.25) is 5.91 Å². The summed E-state index contributed by atoms with van der Waals surface area (Å²) in [7, 11) is 0. The molecule has 0 saturated heterocycles. The van der Waals surface area contributed by atoms with Crippen LogP contribution in [0.15, 0.2) is 48.5 Å². The van der Waals surface area contributed by atoms with Crippen LogP contribution in [-0.4, -0.2) is 18.5 Å². The number of hydrogen-bond acceptors (Lipinski definition) is 3. The molecule has 0 bridgehead atoms. The first-order valence-corrected chi connectivity index (χ1v) is 8.95. The van der Waals surface area contributed by atoms with Crippen molar-refractivity contribution in [3.05, 3.63) is 59.1 Å². The van der Waals surface area contributed by atoms with Crippen LogP contribution < -0.4 is 15.4 Å². The van der Waals surface area contributed by atoms with Crippen molar-refractivity contribution in [1.29, 1.82) is 0 Å². The average molecular weight is 361 g/mol. The zero-order chi connectivity index (χ0) is 18.1. The van der Waals surface area contributed by atoms with Crippen molar-refractivity contribution in [2.45, 2.75) is 39.3 Å². The lowest BCUT2D eigenvalue weighted by Gasteiger charge is -2.11. The van der Waals surface area contributed by atoms with Crippen molar-refractivity contribution < 1.29 is 9.53 Å². The van der Waals surface area contributed by atoms with Gasteiger partial charge in [0.25, 0.3) is 0 Å². The molecule has 0 spiro atoms. The van der Waals surface area contributed by atoms with Gasteiger partial charge in [-0.1, -0.05) is 30.7 Å². The maximum atomic E-state index is 11.9. The lowest BCUT2D eigenvalue weighted by atomic mass is 10.2. The Labute approximate surface area is 154 Å². The van der Waals surface area contributed by atoms with E-state index in [1.165, 1.54) is 0 Å². The zero-order valence-electron chi connectivity index (χ0n) is 14.7. The third kappa shape index (κ3) is 7.16. The highest BCUT2D eigenvalue weighted by Gasteiger charge is 2.04. The Morgan fingerprint density at radius 1 is 1.12 bits per heavy atom. The smallest absolute Gasteiger partial charge is 0.225 e. The normalized spacial score (nSPS) is 11.8. The second kappa shape index (κ2) is 10.1. The molecule has 0 fully saturated rings. The van der Waals surface area contributed by atoms with Crippen molar-refractivity contribution in [2.75, 3.05) is 11.9 Å². The van der Waals surface area contributed by atoms with Crippen LogP contribution in [0.2, 0.25) is 5.02 Å². The lowest BCUT2D eigenvalue weighted by molar-refractivity contribution is -0.116. The second-order valence-corrected chi connectivity index (χ2v) is 6.44. The Kier molecular flexibility index (Phi) is 7.76. The Balaban J connectivity index is 1.75. The molecule has 0 radical (unpaired) electrons. The van der Waals surface area contributed by atoms with Crippen LogP contribution >= 0.6 is 11.6 Å². The molecule has 2 aromatic carbocycles. The number of ether oxygens (including phenoxy) is 1. The monoisotopic (exact) mass is 360 g/mol. The molecule has 0 saturated carbocycles. The van der Waals surface area contributed by atoms with Crippen molar-refractivity contribution in [1.82, 2.24) is 5.32 Å². The molecule has 1 atom stereocenters. The molecule has 0 aliphatic rings. The summed E-state index contributed by atoms with van der Waals surface area (Å²) in [5, 5.41) is 6.91. The molecule has 2 aromatic rings. The summed E-state index contributed by atoms with van der Waals surface area (Å²) >= 11 is 5.86. The molecule has 0 aliphatic carbocycles. The molecule has 4 nitrogen and oxygen atoms in total. The summed E-state index contributed by atoms with van der Waals surface area (Å²) < 4.78 is 5.73. The Hall–Kier alpha value is -2.04. The summed E-state index contributed by atoms with van der Waals surface area (Å²) in [6, 6.07) is 15.4. The Morgan fingerprint density at radius 3 is 2.44 bits per heavy atom. The van der Waals surface area contributed by atoms with E-state index in [1.54, 1.807) is 0 Å². The predicted octanol–water partition coefficient (Wildman–Crippen LogP) is 4.64. The average Bonchev–Trinajstić information content (AvgIpc) is 2.62. The number of halogens is 1. The van der Waals surface area contributed by atoms with Gasteiger partial charge in [0, 0.05) is 29.7 Å². The molecule has 1 unspecified atom stereocenters. The van der Waals surface area contributed by atoms with Crippen LogP contribution in [0.25, 0.3) is 0 Å². The van der Waals surface area contributed by atoms with E-state index in [9.17, 15) is 4.79 Å². The van der Waals surface area contributed by atoms with Gasteiger partial charge in [-0.05, 0) is 55.3 Å². The van der Waals surface area contributed by atoms with E-state index in [0.29, 0.717) is 30.6 Å². The van der Waals surface area contributed by atoms with Crippen molar-refractivity contribution in [3.63, 3.8) is 0 Å². The fourth-order valence-electron chi connectivity index (χ4n) is 2.18. The molecule has 0 aromatic heterocycles. The van der Waals surface area contributed by atoms with E-state index in [-0.39, 0.29) is 5.91 Å². The molecule has 2 N–H and O–H groups in total. The van der Waals surface area contributed by atoms with Gasteiger partial charge in [0.05, 0.1) is 0 Å². The van der Waals surface area contributed by atoms with E-state index in [0.717, 1.165) is 23.4 Å². The van der Waals surface area contributed by atoms with Crippen LogP contribution in [0.1, 0.15) is 32.3 Å². The fourth-order valence-corrected chi connectivity index (χ4v) is 2.31. The highest BCUT2D eigenvalue weighted by molar-refractivity contribution is 6.30. The maximum absolute atomic E-state index is 11.9. The van der Waals surface area contributed by atoms with Gasteiger partial charge in [-0.2, -0.15) is 0 Å². The molecular formula is C20H25ClN2O2. The number of nitrogens with one attached hydrogen (secondary N) is 2. The van der Waals surface area contributed by atoms with Crippen LogP contribution in [0.3, 0.4) is 0 Å². The number of carbonyl (C=O) groups excluding carboxylic acids is 1. The minimum absolute atomic E-state index is 0.00522. The summed E-state index contributed by atoms with van der Waals surface area (Å²) in [6.45, 7) is 5.39. The van der Waals surface area contributed by atoms with Gasteiger partial charge in [0.15, 0.2) is 0 Å². The number of amides is 1. The third-order valence-corrected chi connectivity index (χ3v) is 4.17. The van der Waals surface area contributed by atoms with Crippen molar-refractivity contribution in [2.24, 2.45) is 0 Å². The van der Waals surface area contributed by atoms with Gasteiger partial charge < -0.3 is 15.4 Å². The van der Waals surface area contributed by atoms with Crippen LogP contribution in [0, 0.1) is 0 Å². The largest absolute Gasteiger partial charge is 0.489 e. The van der Waals surface area contributed by atoms with Gasteiger partial charge in [-0.3, -0.25) is 4.79 Å². The van der Waals surface area contributed by atoms with E-state index >= 15 is 0 Å². The van der Waals surface area contributed by atoms with Crippen molar-refractivity contribution in [3.8, 4) is 5.75 Å². The minimum atomic E-state index is 0.00522. The Morgan fingerprint density at radius 2 is 1.80 bits per heavy atom. The van der Waals surface area contributed by atoms with Crippen LogP contribution in [-0.2, 0) is 11.4 Å². The third-order valence-electron chi connectivity index (χ3n) is 3.91. The molecule has 5 heteroatoms. The van der Waals surface area contributed by atoms with E-state index in [4.69, 9.17) is 16.3 Å². The predicted molar refractivity (Wildman–Crippen MR) is 103 cm³/mol. The second-order valence-electron chi connectivity index (χ2n) is 6.00. The van der Waals surface area contributed by atoms with Crippen LogP contribution in [0.4, 0.5) is 5.69 Å². The molecular weight excluding hydrogens is 336 g/mol. The summed E-state index contributed by atoms with van der Waals surface area (Å²) in [6.07, 6.45) is 1.51. The van der Waals surface area contributed by atoms with Gasteiger partial charge in [0.1, 0.15) is 12.4 Å². The molecule has 0 heterocycles. The number of carbonyl (C=O) groups is 1. The van der Waals surface area contributed by atoms with Crippen molar-refractivity contribution >= 4 is 23.2 Å². The first kappa shape index (κ1) is 19.3. The minimum Gasteiger partial charge on any atom is -0.489 e. The zero-order valence-corrected chi connectivity index (χ0v) is 15.5. The summed E-state index contributed by atoms with van der Waals surface area (Å²) in [5.74, 6) is 0.761. The fraction of sp³-hybridized carbons (Fsp3) is 0.350. The lowest BCUT2D eigenvalue weighted by Crippen LogP contribution is -2.28. The number of rotatable bonds is 9. The molecule has 0 aliphatic heterocycles. The number of benzene rings is 2. The number of anilines is 1. The molecule has 25 heavy (non-hydrogen) atoms. The van der Waals surface area contributed by atoms with Gasteiger partial charge in [-0.25, -0.2) is 0 Å². The Bertz CT molecular complexity index is 656. The van der Waals surface area contributed by atoms with Gasteiger partial charge in [-0.15, -0.1) is 0 Å². The summed E-state index contributed by atoms with van der Waals surface area (Å²) in [5.41, 5.74) is 1.82.